The highest BCUT2D eigenvalue weighted by molar-refractivity contribution is 6.51. The number of carbonyl (C=O) groups excluding carboxylic acids is 2. The first-order valence-corrected chi connectivity index (χ1v) is 12.3. The van der Waals surface area contributed by atoms with Gasteiger partial charge in [-0.25, -0.2) is 0 Å². The van der Waals surface area contributed by atoms with E-state index >= 15 is 0 Å². The van der Waals surface area contributed by atoms with E-state index in [4.69, 9.17) is 0 Å². The summed E-state index contributed by atoms with van der Waals surface area (Å²) < 4.78 is 0. The lowest BCUT2D eigenvalue weighted by Gasteiger charge is -2.27. The summed E-state index contributed by atoms with van der Waals surface area (Å²) in [4.78, 5) is 34.0. The van der Waals surface area contributed by atoms with Crippen molar-refractivity contribution in [1.82, 2.24) is 4.98 Å². The Balaban J connectivity index is 1.51. The van der Waals surface area contributed by atoms with Gasteiger partial charge in [0.15, 0.2) is 0 Å². The van der Waals surface area contributed by atoms with Crippen LogP contribution in [0.4, 0.5) is 11.4 Å². The summed E-state index contributed by atoms with van der Waals surface area (Å²) in [5, 5.41) is 12.3. The number of aliphatic hydroxyl groups excluding tert-OH is 1. The summed E-state index contributed by atoms with van der Waals surface area (Å²) in [5.41, 5.74) is 4.94. The van der Waals surface area contributed by atoms with Crippen LogP contribution in [0.3, 0.4) is 0 Å². The van der Waals surface area contributed by atoms with Crippen LogP contribution in [0.5, 0.6) is 0 Å². The van der Waals surface area contributed by atoms with Crippen molar-refractivity contribution in [3.05, 3.63) is 101 Å². The minimum atomic E-state index is -0.738. The Hall–Kier alpha value is -4.32. The number of carbonyl (C=O) groups is 2. The minimum Gasteiger partial charge on any atom is -0.507 e. The molecule has 0 saturated carbocycles. The van der Waals surface area contributed by atoms with E-state index in [9.17, 15) is 14.7 Å². The van der Waals surface area contributed by atoms with Gasteiger partial charge in [0.05, 0.1) is 11.6 Å². The monoisotopic (exact) mass is 477 g/mol. The van der Waals surface area contributed by atoms with Gasteiger partial charge in [-0.2, -0.15) is 0 Å². The van der Waals surface area contributed by atoms with Gasteiger partial charge in [0.1, 0.15) is 5.76 Å². The molecule has 2 aliphatic rings. The molecule has 2 saturated heterocycles. The molecule has 0 spiro atoms. The molecule has 1 aromatic heterocycles. The number of aliphatic hydroxyl groups is 1. The second-order valence-corrected chi connectivity index (χ2v) is 9.48. The SMILES string of the molecule is Cc1ccccc1C1/C(=C(\O)c2c[nH]c3ccccc23)C(=O)C(=O)N1c1ccc(N2CCCC2)cc1. The van der Waals surface area contributed by atoms with Crippen molar-refractivity contribution in [1.29, 1.82) is 0 Å². The van der Waals surface area contributed by atoms with E-state index in [0.717, 1.165) is 40.8 Å². The molecule has 0 aliphatic carbocycles. The number of aromatic nitrogens is 1. The zero-order valence-electron chi connectivity index (χ0n) is 20.1. The second-order valence-electron chi connectivity index (χ2n) is 9.48. The molecule has 3 heterocycles. The van der Waals surface area contributed by atoms with E-state index in [1.54, 1.807) is 6.20 Å². The molecule has 1 amide bonds. The maximum Gasteiger partial charge on any atom is 0.300 e. The Bertz CT molecular complexity index is 1510. The molecule has 0 radical (unpaired) electrons. The summed E-state index contributed by atoms with van der Waals surface area (Å²) in [6.45, 7) is 4.01. The quantitative estimate of drug-likeness (QED) is 0.224. The minimum absolute atomic E-state index is 0.0997. The Labute approximate surface area is 209 Å². The number of para-hydroxylation sites is 1. The Morgan fingerprint density at radius 3 is 2.31 bits per heavy atom. The first-order valence-electron chi connectivity index (χ1n) is 12.3. The molecule has 1 atom stereocenters. The van der Waals surface area contributed by atoms with Crippen molar-refractivity contribution in [2.75, 3.05) is 22.9 Å². The molecule has 6 nitrogen and oxygen atoms in total. The lowest BCUT2D eigenvalue weighted by molar-refractivity contribution is -0.132. The van der Waals surface area contributed by atoms with Crippen LogP contribution in [0, 0.1) is 6.92 Å². The standard InChI is InChI=1S/C30H27N3O3/c1-19-8-2-3-9-22(19)27-26(28(34)24-18-31-25-11-5-4-10-23(24)25)29(35)30(36)33(27)21-14-12-20(13-15-21)32-16-6-7-17-32/h2-5,8-15,18,27,31,34H,6-7,16-17H2,1H3/b28-26+. The number of aromatic amines is 1. The number of ketones is 1. The molecule has 0 bridgehead atoms. The van der Waals surface area contributed by atoms with Crippen LogP contribution in [0.25, 0.3) is 16.7 Å². The average Bonchev–Trinajstić information content (AvgIpc) is 3.64. The molecule has 6 rings (SSSR count). The third-order valence-electron chi connectivity index (χ3n) is 7.37. The third-order valence-corrected chi connectivity index (χ3v) is 7.37. The smallest absolute Gasteiger partial charge is 0.300 e. The number of amides is 1. The van der Waals surface area contributed by atoms with Gasteiger partial charge in [-0.15, -0.1) is 0 Å². The van der Waals surface area contributed by atoms with E-state index in [-0.39, 0.29) is 11.3 Å². The molecule has 3 aromatic carbocycles. The molecule has 36 heavy (non-hydrogen) atoms. The maximum atomic E-state index is 13.5. The number of hydrogen-bond acceptors (Lipinski definition) is 4. The molecular weight excluding hydrogens is 450 g/mol. The van der Waals surface area contributed by atoms with E-state index in [2.05, 4.69) is 9.88 Å². The van der Waals surface area contributed by atoms with Gasteiger partial charge in [0.2, 0.25) is 0 Å². The average molecular weight is 478 g/mol. The highest BCUT2D eigenvalue weighted by Crippen LogP contribution is 2.44. The van der Waals surface area contributed by atoms with Gasteiger partial charge in [0, 0.05) is 47.1 Å². The summed E-state index contributed by atoms with van der Waals surface area (Å²) in [6.07, 6.45) is 4.04. The van der Waals surface area contributed by atoms with Gasteiger partial charge in [-0.05, 0) is 61.2 Å². The number of benzene rings is 3. The van der Waals surface area contributed by atoms with E-state index in [1.807, 2.05) is 79.7 Å². The summed E-state index contributed by atoms with van der Waals surface area (Å²) in [5.74, 6) is -1.50. The van der Waals surface area contributed by atoms with Crippen LogP contribution >= 0.6 is 0 Å². The molecule has 2 N–H and O–H groups in total. The zero-order chi connectivity index (χ0) is 24.8. The topological polar surface area (TPSA) is 76.6 Å². The summed E-state index contributed by atoms with van der Waals surface area (Å²) in [7, 11) is 0. The predicted octanol–water partition coefficient (Wildman–Crippen LogP) is 5.70. The lowest BCUT2D eigenvalue weighted by atomic mass is 9.92. The first-order chi connectivity index (χ1) is 17.5. The molecule has 6 heteroatoms. The van der Waals surface area contributed by atoms with Gasteiger partial charge < -0.3 is 15.0 Å². The Morgan fingerprint density at radius 1 is 0.889 bits per heavy atom. The first kappa shape index (κ1) is 22.2. The van der Waals surface area contributed by atoms with Crippen molar-refractivity contribution in [2.45, 2.75) is 25.8 Å². The Kier molecular flexibility index (Phi) is 5.37. The lowest BCUT2D eigenvalue weighted by Crippen LogP contribution is -2.29. The number of fused-ring (bicyclic) bond motifs is 1. The van der Waals surface area contributed by atoms with Crippen molar-refractivity contribution in [3.63, 3.8) is 0 Å². The van der Waals surface area contributed by atoms with Crippen LogP contribution in [0.2, 0.25) is 0 Å². The molecule has 2 aliphatic heterocycles. The molecular formula is C30H27N3O3. The number of nitrogens with zero attached hydrogens (tertiary/aromatic N) is 2. The van der Waals surface area contributed by atoms with Gasteiger partial charge in [0.25, 0.3) is 11.7 Å². The number of aryl methyl sites for hydroxylation is 1. The largest absolute Gasteiger partial charge is 0.507 e. The van der Waals surface area contributed by atoms with Crippen LogP contribution in [-0.2, 0) is 9.59 Å². The maximum absolute atomic E-state index is 13.5. The van der Waals surface area contributed by atoms with Gasteiger partial charge in [-0.1, -0.05) is 42.5 Å². The normalized spacial score (nSPS) is 19.5. The van der Waals surface area contributed by atoms with E-state index < -0.39 is 17.7 Å². The van der Waals surface area contributed by atoms with Crippen molar-refractivity contribution in [2.24, 2.45) is 0 Å². The molecule has 4 aromatic rings. The van der Waals surface area contributed by atoms with Crippen molar-refractivity contribution in [3.8, 4) is 0 Å². The van der Waals surface area contributed by atoms with Crippen LogP contribution in [0.1, 0.15) is 35.6 Å². The second kappa shape index (κ2) is 8.72. The van der Waals surface area contributed by atoms with Crippen LogP contribution in [0.15, 0.2) is 84.6 Å². The molecule has 1 unspecified atom stereocenters. The highest BCUT2D eigenvalue weighted by Gasteiger charge is 2.47. The number of nitrogens with one attached hydrogen (secondary N) is 1. The van der Waals surface area contributed by atoms with Crippen molar-refractivity contribution >= 4 is 39.7 Å². The van der Waals surface area contributed by atoms with Crippen molar-refractivity contribution < 1.29 is 14.7 Å². The van der Waals surface area contributed by atoms with Gasteiger partial charge >= 0.3 is 0 Å². The summed E-state index contributed by atoms with van der Waals surface area (Å²) in [6, 6.07) is 22.3. The Morgan fingerprint density at radius 2 is 1.56 bits per heavy atom. The highest BCUT2D eigenvalue weighted by atomic mass is 16.3. The van der Waals surface area contributed by atoms with E-state index in [1.165, 1.54) is 17.7 Å². The fourth-order valence-corrected chi connectivity index (χ4v) is 5.50. The fourth-order valence-electron chi connectivity index (χ4n) is 5.50. The summed E-state index contributed by atoms with van der Waals surface area (Å²) >= 11 is 0. The third kappa shape index (κ3) is 3.49. The predicted molar refractivity (Wildman–Crippen MR) is 142 cm³/mol. The number of Topliss-reactive ketones (excluding diaryl/α,β-unsaturated/α-hetero) is 1. The number of hydrogen-bond donors (Lipinski definition) is 2. The molecule has 2 fully saturated rings. The fraction of sp³-hybridized carbons (Fsp3) is 0.200. The number of H-pyrrole nitrogens is 1. The van der Waals surface area contributed by atoms with Crippen LogP contribution in [-0.4, -0.2) is 34.9 Å². The van der Waals surface area contributed by atoms with Crippen LogP contribution < -0.4 is 9.80 Å². The number of rotatable bonds is 4. The van der Waals surface area contributed by atoms with E-state index in [0.29, 0.717) is 11.3 Å². The zero-order valence-corrected chi connectivity index (χ0v) is 20.1. The molecule has 180 valence electrons. The number of anilines is 2. The van der Waals surface area contributed by atoms with Gasteiger partial charge in [-0.3, -0.25) is 14.5 Å².